The summed E-state index contributed by atoms with van der Waals surface area (Å²) in [5.41, 5.74) is 6.62. The zero-order chi connectivity index (χ0) is 27.4. The molecule has 5 rings (SSSR count). The number of nitro benzene ring substituents is 1. The van der Waals surface area contributed by atoms with E-state index in [9.17, 15) is 10.1 Å². The summed E-state index contributed by atoms with van der Waals surface area (Å²) in [7, 11) is 1.67. The predicted molar refractivity (Wildman–Crippen MR) is 154 cm³/mol. The molecule has 0 bridgehead atoms. The van der Waals surface area contributed by atoms with Crippen molar-refractivity contribution in [3.8, 4) is 11.5 Å². The number of nitrogens with one attached hydrogen (secondary N) is 2. The summed E-state index contributed by atoms with van der Waals surface area (Å²) >= 11 is 0. The summed E-state index contributed by atoms with van der Waals surface area (Å²) in [6.07, 6.45) is 4.09. The third-order valence-electron chi connectivity index (χ3n) is 6.57. The number of nitro groups is 1. The fraction of sp³-hybridized carbons (Fsp3) is 0.276. The fourth-order valence-corrected chi connectivity index (χ4v) is 4.49. The molecule has 0 saturated carbocycles. The molecule has 3 aromatic carbocycles. The lowest BCUT2D eigenvalue weighted by Crippen LogP contribution is -2.55. The number of hydrogen-bond acceptors (Lipinski definition) is 7. The molecule has 2 aliphatic rings. The first kappa shape index (κ1) is 26.1. The lowest BCUT2D eigenvalue weighted by Gasteiger charge is -2.36. The highest BCUT2D eigenvalue weighted by molar-refractivity contribution is 5.95. The van der Waals surface area contributed by atoms with Gasteiger partial charge < -0.3 is 19.7 Å². The van der Waals surface area contributed by atoms with Gasteiger partial charge in [-0.2, -0.15) is 0 Å². The Labute approximate surface area is 227 Å². The Bertz CT molecular complexity index is 1400. The van der Waals surface area contributed by atoms with Crippen LogP contribution >= 0.6 is 0 Å². The Kier molecular flexibility index (Phi) is 7.38. The van der Waals surface area contributed by atoms with Gasteiger partial charge in [-0.1, -0.05) is 12.1 Å². The van der Waals surface area contributed by atoms with Crippen molar-refractivity contribution >= 4 is 34.8 Å². The van der Waals surface area contributed by atoms with E-state index in [1.54, 1.807) is 19.2 Å². The largest absolute Gasteiger partial charge is 0.497 e. The van der Waals surface area contributed by atoms with E-state index in [0.29, 0.717) is 11.6 Å². The molecule has 0 amide bonds. The normalized spacial score (nSPS) is 16.7. The van der Waals surface area contributed by atoms with E-state index in [2.05, 4.69) is 32.8 Å². The molecule has 2 N–H and O–H groups in total. The smallest absolute Gasteiger partial charge is 0.269 e. The number of hydrazine groups is 1. The van der Waals surface area contributed by atoms with Crippen LogP contribution in [0.3, 0.4) is 0 Å². The third kappa shape index (κ3) is 6.47. The van der Waals surface area contributed by atoms with Crippen LogP contribution in [0.1, 0.15) is 19.4 Å². The minimum atomic E-state index is -0.420. The van der Waals surface area contributed by atoms with Gasteiger partial charge in [0.2, 0.25) is 5.96 Å². The Balaban J connectivity index is 1.33. The molecule has 3 aromatic rings. The van der Waals surface area contributed by atoms with Gasteiger partial charge in [0.1, 0.15) is 17.1 Å². The molecule has 0 radical (unpaired) electrons. The molecule has 39 heavy (non-hydrogen) atoms. The van der Waals surface area contributed by atoms with Gasteiger partial charge in [0.25, 0.3) is 5.69 Å². The van der Waals surface area contributed by atoms with Crippen LogP contribution in [-0.2, 0) is 0 Å². The van der Waals surface area contributed by atoms with Crippen molar-refractivity contribution in [3.05, 3.63) is 88.5 Å². The summed E-state index contributed by atoms with van der Waals surface area (Å²) in [6.45, 7) is 7.20. The van der Waals surface area contributed by atoms with Gasteiger partial charge in [-0.05, 0) is 62.4 Å². The molecule has 0 aromatic heterocycles. The van der Waals surface area contributed by atoms with Gasteiger partial charge >= 0.3 is 0 Å². The molecular weight excluding hydrogens is 496 g/mol. The average Bonchev–Trinajstić information content (AvgIpc) is 2.93. The number of guanidine groups is 1. The second-order valence-corrected chi connectivity index (χ2v) is 9.94. The minimum Gasteiger partial charge on any atom is -0.497 e. The van der Waals surface area contributed by atoms with Crippen LogP contribution in [0.25, 0.3) is 6.08 Å². The number of anilines is 2. The van der Waals surface area contributed by atoms with Gasteiger partial charge in [-0.15, -0.1) is 0 Å². The first-order valence-electron chi connectivity index (χ1n) is 12.8. The van der Waals surface area contributed by atoms with Crippen LogP contribution in [0, 0.1) is 10.1 Å². The van der Waals surface area contributed by atoms with E-state index in [1.165, 1.54) is 12.1 Å². The van der Waals surface area contributed by atoms with Gasteiger partial charge in [-0.25, -0.2) is 10.0 Å². The minimum absolute atomic E-state index is 0.0227. The van der Waals surface area contributed by atoms with Gasteiger partial charge in [0.05, 0.1) is 17.7 Å². The first-order valence-corrected chi connectivity index (χ1v) is 12.8. The Morgan fingerprint density at radius 3 is 2.54 bits per heavy atom. The van der Waals surface area contributed by atoms with Crippen molar-refractivity contribution in [1.82, 2.24) is 10.4 Å². The van der Waals surface area contributed by atoms with Crippen LogP contribution in [0.4, 0.5) is 22.7 Å². The second-order valence-electron chi connectivity index (χ2n) is 9.94. The molecule has 202 valence electrons. The van der Waals surface area contributed by atoms with E-state index in [0.717, 1.165) is 54.6 Å². The molecule has 0 atom stereocenters. The number of nitrogens with zero attached hydrogens (tertiary/aromatic N) is 4. The number of benzene rings is 3. The van der Waals surface area contributed by atoms with Crippen molar-refractivity contribution in [2.75, 3.05) is 43.5 Å². The number of hydrogen-bond donors (Lipinski definition) is 2. The second kappa shape index (κ2) is 11.0. The predicted octanol–water partition coefficient (Wildman–Crippen LogP) is 5.21. The molecule has 2 aliphatic heterocycles. The van der Waals surface area contributed by atoms with Crippen LogP contribution < -0.4 is 25.1 Å². The summed E-state index contributed by atoms with van der Waals surface area (Å²) in [4.78, 5) is 17.7. The monoisotopic (exact) mass is 528 g/mol. The highest BCUT2D eigenvalue weighted by atomic mass is 16.6. The molecule has 1 saturated heterocycles. The maximum atomic E-state index is 11.1. The Morgan fingerprint density at radius 1 is 1.05 bits per heavy atom. The van der Waals surface area contributed by atoms with E-state index in [-0.39, 0.29) is 11.3 Å². The molecule has 0 aliphatic carbocycles. The number of aliphatic imine (C=N–C) groups is 1. The summed E-state index contributed by atoms with van der Waals surface area (Å²) in [5, 5.41) is 16.6. The quantitative estimate of drug-likeness (QED) is 0.194. The lowest BCUT2D eigenvalue weighted by molar-refractivity contribution is -0.384. The summed E-state index contributed by atoms with van der Waals surface area (Å²) in [5.74, 6) is 2.17. The van der Waals surface area contributed by atoms with Crippen LogP contribution in [-0.4, -0.2) is 54.8 Å². The zero-order valence-corrected chi connectivity index (χ0v) is 22.3. The number of rotatable bonds is 6. The first-order chi connectivity index (χ1) is 18.8. The summed E-state index contributed by atoms with van der Waals surface area (Å²) in [6, 6.07) is 20.1. The van der Waals surface area contributed by atoms with Gasteiger partial charge in [0, 0.05) is 61.3 Å². The molecule has 2 heterocycles. The van der Waals surface area contributed by atoms with Crippen molar-refractivity contribution in [3.63, 3.8) is 0 Å². The van der Waals surface area contributed by atoms with E-state index >= 15 is 0 Å². The van der Waals surface area contributed by atoms with Crippen LogP contribution in [0.2, 0.25) is 0 Å². The standard InChI is InChI=1S/C29H32N6O4/c1-29(2)14-13-21-19-23(9-12-27(21)39-29)31-28(30-22-7-10-24(11-8-22)35(36)37)32-34-17-15-33(16-18-34)25-5-4-6-26(20-25)38-3/h4-14,19-20H,15-18H2,1-3H3,(H2,30,31,32). The molecule has 0 spiro atoms. The average molecular weight is 529 g/mol. The number of methoxy groups -OCH3 is 1. The molecule has 1 fully saturated rings. The highest BCUT2D eigenvalue weighted by Gasteiger charge is 2.22. The topological polar surface area (TPSA) is 104 Å². The van der Waals surface area contributed by atoms with Crippen molar-refractivity contribution < 1.29 is 14.4 Å². The van der Waals surface area contributed by atoms with Crippen molar-refractivity contribution in [1.29, 1.82) is 0 Å². The van der Waals surface area contributed by atoms with Gasteiger partial charge in [-0.3, -0.25) is 15.5 Å². The number of piperazine rings is 1. The van der Waals surface area contributed by atoms with Crippen molar-refractivity contribution in [2.45, 2.75) is 19.4 Å². The van der Waals surface area contributed by atoms with Crippen molar-refractivity contribution in [2.24, 2.45) is 4.99 Å². The van der Waals surface area contributed by atoms with E-state index < -0.39 is 4.92 Å². The molecule has 10 heteroatoms. The maximum Gasteiger partial charge on any atom is 0.269 e. The molecule has 10 nitrogen and oxygen atoms in total. The number of ether oxygens (including phenoxy) is 2. The lowest BCUT2D eigenvalue weighted by atomic mass is 10.0. The Morgan fingerprint density at radius 2 is 1.82 bits per heavy atom. The SMILES string of the molecule is COc1cccc(N2CCN(NC(=Nc3ccc([N+](=O)[O-])cc3)Nc3ccc4c(c3)C=CC(C)(C)O4)CC2)c1. The number of non-ortho nitro benzene ring substituents is 1. The van der Waals surface area contributed by atoms with E-state index in [4.69, 9.17) is 14.5 Å². The van der Waals surface area contributed by atoms with Crippen LogP contribution in [0.15, 0.2) is 77.8 Å². The number of fused-ring (bicyclic) bond motifs is 1. The molecule has 0 unspecified atom stereocenters. The van der Waals surface area contributed by atoms with E-state index in [1.807, 2.05) is 56.3 Å². The summed E-state index contributed by atoms with van der Waals surface area (Å²) < 4.78 is 11.4. The third-order valence-corrected chi connectivity index (χ3v) is 6.57. The van der Waals surface area contributed by atoms with Gasteiger partial charge in [0.15, 0.2) is 0 Å². The van der Waals surface area contributed by atoms with Crippen LogP contribution in [0.5, 0.6) is 11.5 Å². The molecular formula is C29H32N6O4. The maximum absolute atomic E-state index is 11.1. The fourth-order valence-electron chi connectivity index (χ4n) is 4.49. The highest BCUT2D eigenvalue weighted by Crippen LogP contribution is 2.32. The zero-order valence-electron chi connectivity index (χ0n) is 22.3. The Hall–Kier alpha value is -4.57.